The zero-order chi connectivity index (χ0) is 20.4. The van der Waals surface area contributed by atoms with Crippen LogP contribution in [-0.4, -0.2) is 23.6 Å². The quantitative estimate of drug-likeness (QED) is 0.471. The van der Waals surface area contributed by atoms with Gasteiger partial charge in [0.05, 0.1) is 12.3 Å². The Morgan fingerprint density at radius 2 is 1.75 bits per heavy atom. The van der Waals surface area contributed by atoms with Crippen LogP contribution in [0.4, 0.5) is 5.69 Å². The van der Waals surface area contributed by atoms with E-state index in [9.17, 15) is 9.59 Å². The molecule has 150 valence electrons. The van der Waals surface area contributed by atoms with Crippen molar-refractivity contribution in [3.8, 4) is 5.75 Å². The number of hydrogen-bond acceptors (Lipinski definition) is 3. The number of carbonyl (C=O) groups is 2. The first-order chi connectivity index (χ1) is 13.5. The molecule has 0 unspecified atom stereocenters. The molecular weight excluding hydrogens is 378 g/mol. The molecule has 0 bridgehead atoms. The molecule has 6 heteroatoms. The molecule has 0 aliphatic rings. The van der Waals surface area contributed by atoms with Gasteiger partial charge in [0.15, 0.2) is 0 Å². The van der Waals surface area contributed by atoms with Gasteiger partial charge in [0, 0.05) is 17.0 Å². The molecule has 0 aromatic heterocycles. The first-order valence-electron chi connectivity index (χ1n) is 9.48. The van der Waals surface area contributed by atoms with Crippen LogP contribution in [0.3, 0.4) is 0 Å². The van der Waals surface area contributed by atoms with Crippen LogP contribution in [0.5, 0.6) is 5.75 Å². The number of aryl methyl sites for hydroxylation is 1. The topological polar surface area (TPSA) is 75.6 Å². The van der Waals surface area contributed by atoms with Crippen LogP contribution in [0.2, 0.25) is 5.02 Å². The Morgan fingerprint density at radius 1 is 1.04 bits per heavy atom. The molecule has 5 nitrogen and oxygen atoms in total. The predicted octanol–water partition coefficient (Wildman–Crippen LogP) is 5.70. The van der Waals surface area contributed by atoms with Gasteiger partial charge in [-0.2, -0.15) is 0 Å². The zero-order valence-electron chi connectivity index (χ0n) is 16.0. The monoisotopic (exact) mass is 403 g/mol. The fourth-order valence-electron chi connectivity index (χ4n) is 2.83. The van der Waals surface area contributed by atoms with E-state index in [1.165, 1.54) is 0 Å². The van der Waals surface area contributed by atoms with Gasteiger partial charge in [-0.25, -0.2) is 0 Å². The van der Waals surface area contributed by atoms with Crippen molar-refractivity contribution in [1.82, 2.24) is 0 Å². The Hall–Kier alpha value is -2.53. The summed E-state index contributed by atoms with van der Waals surface area (Å²) < 4.78 is 5.84. The predicted molar refractivity (Wildman–Crippen MR) is 111 cm³/mol. The van der Waals surface area contributed by atoms with Crippen molar-refractivity contribution in [3.63, 3.8) is 0 Å². The number of nitrogens with one attached hydrogen (secondary N) is 1. The summed E-state index contributed by atoms with van der Waals surface area (Å²) >= 11 is 6.08. The van der Waals surface area contributed by atoms with Crippen molar-refractivity contribution < 1.29 is 19.4 Å². The number of unbranched alkanes of at least 4 members (excludes halogenated alkanes) is 4. The zero-order valence-corrected chi connectivity index (χ0v) is 16.8. The Kier molecular flexibility index (Phi) is 8.82. The van der Waals surface area contributed by atoms with E-state index in [1.807, 2.05) is 25.1 Å². The minimum Gasteiger partial charge on any atom is -0.491 e. The van der Waals surface area contributed by atoms with E-state index >= 15 is 0 Å². The normalized spacial score (nSPS) is 10.5. The number of anilines is 1. The molecule has 0 aliphatic heterocycles. The first-order valence-corrected chi connectivity index (χ1v) is 9.86. The van der Waals surface area contributed by atoms with Gasteiger partial charge < -0.3 is 15.2 Å². The lowest BCUT2D eigenvalue weighted by molar-refractivity contribution is -0.137. The lowest BCUT2D eigenvalue weighted by Crippen LogP contribution is -2.14. The van der Waals surface area contributed by atoms with E-state index in [1.54, 1.807) is 24.3 Å². The molecule has 2 rings (SSSR count). The molecule has 0 saturated carbocycles. The molecule has 28 heavy (non-hydrogen) atoms. The Bertz CT molecular complexity index is 807. The van der Waals surface area contributed by atoms with Crippen LogP contribution >= 0.6 is 11.6 Å². The van der Waals surface area contributed by atoms with E-state index in [4.69, 9.17) is 21.4 Å². The Labute approximate surface area is 170 Å². The average molecular weight is 404 g/mol. The second-order valence-electron chi connectivity index (χ2n) is 6.67. The summed E-state index contributed by atoms with van der Waals surface area (Å²) in [6.07, 6.45) is 4.66. The number of hydrogen-bond donors (Lipinski definition) is 2. The molecule has 0 atom stereocenters. The van der Waals surface area contributed by atoms with Gasteiger partial charge in [-0.15, -0.1) is 0 Å². The molecule has 0 saturated heterocycles. The molecule has 2 N–H and O–H groups in total. The second-order valence-corrected chi connectivity index (χ2v) is 7.11. The van der Waals surface area contributed by atoms with Crippen LogP contribution in [0.15, 0.2) is 42.5 Å². The minimum absolute atomic E-state index is 0.205. The fourth-order valence-corrected chi connectivity index (χ4v) is 3.01. The van der Waals surface area contributed by atoms with E-state index in [0.29, 0.717) is 35.1 Å². The van der Waals surface area contributed by atoms with Gasteiger partial charge in [-0.1, -0.05) is 49.1 Å². The van der Waals surface area contributed by atoms with Gasteiger partial charge >= 0.3 is 5.97 Å². The summed E-state index contributed by atoms with van der Waals surface area (Å²) in [7, 11) is 0. The van der Waals surface area contributed by atoms with Crippen LogP contribution in [0.1, 0.15) is 54.4 Å². The van der Waals surface area contributed by atoms with Gasteiger partial charge in [-0.05, 0) is 49.6 Å². The third-order valence-corrected chi connectivity index (χ3v) is 4.61. The van der Waals surface area contributed by atoms with Crippen molar-refractivity contribution >= 4 is 29.2 Å². The number of halogens is 1. The smallest absolute Gasteiger partial charge is 0.303 e. The summed E-state index contributed by atoms with van der Waals surface area (Å²) in [5.41, 5.74) is 2.05. The lowest BCUT2D eigenvalue weighted by Gasteiger charge is -2.14. The van der Waals surface area contributed by atoms with Crippen molar-refractivity contribution in [2.24, 2.45) is 0 Å². The van der Waals surface area contributed by atoms with Crippen molar-refractivity contribution in [1.29, 1.82) is 0 Å². The minimum atomic E-state index is -0.744. The summed E-state index contributed by atoms with van der Waals surface area (Å²) in [6, 6.07) is 12.5. The number of rotatable bonds is 11. The highest BCUT2D eigenvalue weighted by atomic mass is 35.5. The maximum Gasteiger partial charge on any atom is 0.303 e. The molecule has 0 fully saturated rings. The second kappa shape index (κ2) is 11.3. The molecule has 0 heterocycles. The van der Waals surface area contributed by atoms with Crippen molar-refractivity contribution in [3.05, 3.63) is 58.6 Å². The van der Waals surface area contributed by atoms with Crippen molar-refractivity contribution in [2.45, 2.75) is 45.4 Å². The Morgan fingerprint density at radius 3 is 2.50 bits per heavy atom. The van der Waals surface area contributed by atoms with Crippen LogP contribution in [0.25, 0.3) is 0 Å². The van der Waals surface area contributed by atoms with E-state index in [0.717, 1.165) is 31.2 Å². The van der Waals surface area contributed by atoms with E-state index in [2.05, 4.69) is 5.32 Å². The van der Waals surface area contributed by atoms with Gasteiger partial charge in [0.2, 0.25) is 0 Å². The summed E-state index contributed by atoms with van der Waals surface area (Å²) in [6.45, 7) is 2.41. The number of carboxylic acid groups (broad SMARTS) is 1. The number of benzene rings is 2. The molecule has 2 aromatic rings. The van der Waals surface area contributed by atoms with Gasteiger partial charge in [0.1, 0.15) is 5.75 Å². The van der Waals surface area contributed by atoms with E-state index < -0.39 is 5.97 Å². The first kappa shape index (κ1) is 21.8. The van der Waals surface area contributed by atoms with Crippen LogP contribution in [0, 0.1) is 6.92 Å². The van der Waals surface area contributed by atoms with E-state index in [-0.39, 0.29) is 12.3 Å². The Balaban J connectivity index is 1.86. The number of amides is 1. The molecule has 0 aliphatic carbocycles. The number of ether oxygens (including phenoxy) is 1. The highest BCUT2D eigenvalue weighted by Crippen LogP contribution is 2.29. The maximum atomic E-state index is 12.6. The lowest BCUT2D eigenvalue weighted by atomic mass is 10.1. The molecule has 1 amide bonds. The standard InChI is InChI=1S/C22H26ClNO4/c1-16-9-6-7-10-18(16)22(27)24-19-15-17(23)12-13-20(19)28-14-8-4-2-3-5-11-21(25)26/h6-7,9-10,12-13,15H,2-5,8,11,14H2,1H3,(H,24,27)(H,25,26). The molecule has 2 aromatic carbocycles. The maximum absolute atomic E-state index is 12.6. The largest absolute Gasteiger partial charge is 0.491 e. The summed E-state index contributed by atoms with van der Waals surface area (Å²) in [5.74, 6) is -0.368. The van der Waals surface area contributed by atoms with Gasteiger partial charge in [-0.3, -0.25) is 9.59 Å². The van der Waals surface area contributed by atoms with Crippen molar-refractivity contribution in [2.75, 3.05) is 11.9 Å². The number of carbonyl (C=O) groups excluding carboxylic acids is 1. The number of carboxylic acids is 1. The molecular formula is C22H26ClNO4. The van der Waals surface area contributed by atoms with Crippen LogP contribution in [-0.2, 0) is 4.79 Å². The third-order valence-electron chi connectivity index (χ3n) is 4.37. The van der Waals surface area contributed by atoms with Crippen LogP contribution < -0.4 is 10.1 Å². The summed E-state index contributed by atoms with van der Waals surface area (Å²) in [5, 5.41) is 12.0. The molecule has 0 radical (unpaired) electrons. The summed E-state index contributed by atoms with van der Waals surface area (Å²) in [4.78, 5) is 23.0. The highest BCUT2D eigenvalue weighted by Gasteiger charge is 2.12. The molecule has 0 spiro atoms. The third kappa shape index (κ3) is 7.24. The number of aliphatic carboxylic acids is 1. The highest BCUT2D eigenvalue weighted by molar-refractivity contribution is 6.31. The SMILES string of the molecule is Cc1ccccc1C(=O)Nc1cc(Cl)ccc1OCCCCCCCC(=O)O. The van der Waals surface area contributed by atoms with Gasteiger partial charge in [0.25, 0.3) is 5.91 Å². The fraction of sp³-hybridized carbons (Fsp3) is 0.364. The average Bonchev–Trinajstić information content (AvgIpc) is 2.65.